The van der Waals surface area contributed by atoms with Crippen LogP contribution in [0.4, 0.5) is 17.2 Å². The van der Waals surface area contributed by atoms with Gasteiger partial charge in [0.2, 0.25) is 5.88 Å². The van der Waals surface area contributed by atoms with Crippen LogP contribution in [0.5, 0.6) is 17.4 Å². The van der Waals surface area contributed by atoms with E-state index in [4.69, 9.17) is 15.2 Å². The van der Waals surface area contributed by atoms with Crippen LogP contribution in [0, 0.1) is 0 Å². The number of anilines is 3. The molecule has 6 heteroatoms. The van der Waals surface area contributed by atoms with Crippen molar-refractivity contribution >= 4 is 17.2 Å². The van der Waals surface area contributed by atoms with Crippen LogP contribution in [0.15, 0.2) is 54.9 Å². The number of para-hydroxylation sites is 2. The summed E-state index contributed by atoms with van der Waals surface area (Å²) < 4.78 is 11.2. The highest BCUT2D eigenvalue weighted by Crippen LogP contribution is 2.33. The maximum absolute atomic E-state index is 6.20. The van der Waals surface area contributed by atoms with E-state index in [1.165, 1.54) is 11.9 Å². The maximum atomic E-state index is 6.20. The van der Waals surface area contributed by atoms with Gasteiger partial charge in [-0.1, -0.05) is 38.1 Å². The van der Waals surface area contributed by atoms with Crippen LogP contribution in [0.3, 0.4) is 0 Å². The fraction of sp³-hybridized carbons (Fsp3) is 0.200. The van der Waals surface area contributed by atoms with Crippen molar-refractivity contribution in [2.75, 3.05) is 18.2 Å². The summed E-state index contributed by atoms with van der Waals surface area (Å²) in [4.78, 5) is 8.35. The van der Waals surface area contributed by atoms with Crippen LogP contribution in [0.1, 0.15) is 25.3 Å². The topological polar surface area (TPSA) is 82.3 Å². The third-order valence-corrected chi connectivity index (χ3v) is 3.97. The lowest BCUT2D eigenvalue weighted by atomic mass is 10.0. The maximum Gasteiger partial charge on any atom is 0.248 e. The van der Waals surface area contributed by atoms with Crippen LogP contribution in [0.2, 0.25) is 0 Å². The monoisotopic (exact) mass is 350 g/mol. The fourth-order valence-corrected chi connectivity index (χ4v) is 2.47. The molecule has 3 rings (SSSR count). The number of hydrogen-bond donors (Lipinski definition) is 2. The predicted octanol–water partition coefficient (Wildman–Crippen LogP) is 4.73. The molecule has 3 N–H and O–H groups in total. The zero-order valence-electron chi connectivity index (χ0n) is 15.1. The molecule has 0 unspecified atom stereocenters. The molecule has 6 nitrogen and oxygen atoms in total. The van der Waals surface area contributed by atoms with E-state index in [-0.39, 0.29) is 0 Å². The molecule has 0 aliphatic heterocycles. The molecule has 0 bridgehead atoms. The zero-order valence-corrected chi connectivity index (χ0v) is 15.1. The minimum atomic E-state index is 0.301. The summed E-state index contributed by atoms with van der Waals surface area (Å²) in [6.07, 6.45) is 1.41. The van der Waals surface area contributed by atoms with E-state index >= 15 is 0 Å². The average Bonchev–Trinajstić information content (AvgIpc) is 2.66. The first-order valence-electron chi connectivity index (χ1n) is 8.37. The molecule has 0 aliphatic carbocycles. The minimum absolute atomic E-state index is 0.301. The van der Waals surface area contributed by atoms with E-state index in [1.807, 2.05) is 48.5 Å². The Bertz CT molecular complexity index is 879. The lowest BCUT2D eigenvalue weighted by Gasteiger charge is -2.14. The summed E-state index contributed by atoms with van der Waals surface area (Å²) in [5.74, 6) is 2.58. The Hall–Kier alpha value is -3.28. The van der Waals surface area contributed by atoms with Gasteiger partial charge in [0.05, 0.1) is 12.8 Å². The van der Waals surface area contributed by atoms with Crippen molar-refractivity contribution in [3.63, 3.8) is 0 Å². The Morgan fingerprint density at radius 3 is 2.42 bits per heavy atom. The molecule has 0 saturated carbocycles. The predicted molar refractivity (Wildman–Crippen MR) is 103 cm³/mol. The van der Waals surface area contributed by atoms with Gasteiger partial charge in [0, 0.05) is 0 Å². The standard InChI is InChI=1S/C20H22N4O2/c1-13(2)14-8-10-15(11-9-14)26-20-18(21)19(22-12-23-20)24-16-6-4-5-7-17(16)25-3/h4-13H,21H2,1-3H3,(H,22,23,24). The van der Waals surface area contributed by atoms with Gasteiger partial charge in [-0.3, -0.25) is 0 Å². The number of aromatic nitrogens is 2. The van der Waals surface area contributed by atoms with Crippen LogP contribution >= 0.6 is 0 Å². The second kappa shape index (κ2) is 7.74. The lowest BCUT2D eigenvalue weighted by molar-refractivity contribution is 0.417. The molecule has 3 aromatic rings. The van der Waals surface area contributed by atoms with Gasteiger partial charge in [0.25, 0.3) is 0 Å². The van der Waals surface area contributed by atoms with Gasteiger partial charge in [-0.05, 0) is 35.7 Å². The van der Waals surface area contributed by atoms with Gasteiger partial charge in [0.1, 0.15) is 23.5 Å². The summed E-state index contributed by atoms with van der Waals surface area (Å²) in [5, 5.41) is 3.16. The molecule has 1 aromatic heterocycles. The summed E-state index contributed by atoms with van der Waals surface area (Å²) >= 11 is 0. The van der Waals surface area contributed by atoms with E-state index in [0.717, 1.165) is 5.69 Å². The smallest absolute Gasteiger partial charge is 0.248 e. The first-order chi connectivity index (χ1) is 12.6. The number of ether oxygens (including phenoxy) is 2. The minimum Gasteiger partial charge on any atom is -0.495 e. The van der Waals surface area contributed by atoms with Crippen molar-refractivity contribution in [3.8, 4) is 17.4 Å². The van der Waals surface area contributed by atoms with Gasteiger partial charge in [-0.15, -0.1) is 0 Å². The molecule has 0 saturated heterocycles. The van der Waals surface area contributed by atoms with Crippen LogP contribution in [0.25, 0.3) is 0 Å². The molecule has 0 radical (unpaired) electrons. The van der Waals surface area contributed by atoms with Gasteiger partial charge in [0.15, 0.2) is 5.82 Å². The molecule has 0 fully saturated rings. The van der Waals surface area contributed by atoms with Crippen molar-refractivity contribution in [2.45, 2.75) is 19.8 Å². The number of nitrogen functional groups attached to an aromatic ring is 1. The second-order valence-electron chi connectivity index (χ2n) is 6.09. The zero-order chi connectivity index (χ0) is 18.5. The number of nitrogens with two attached hydrogens (primary N) is 1. The van der Waals surface area contributed by atoms with Gasteiger partial charge in [-0.2, -0.15) is 4.98 Å². The molecular weight excluding hydrogens is 328 g/mol. The van der Waals surface area contributed by atoms with Gasteiger partial charge < -0.3 is 20.5 Å². The Kier molecular flexibility index (Phi) is 5.22. The summed E-state index contributed by atoms with van der Waals surface area (Å²) in [5.41, 5.74) is 8.52. The average molecular weight is 350 g/mol. The number of nitrogens with one attached hydrogen (secondary N) is 1. The summed E-state index contributed by atoms with van der Waals surface area (Å²) in [6.45, 7) is 4.29. The molecular formula is C20H22N4O2. The molecule has 0 spiro atoms. The molecule has 1 heterocycles. The van der Waals surface area contributed by atoms with Crippen molar-refractivity contribution in [1.82, 2.24) is 9.97 Å². The van der Waals surface area contributed by atoms with Crippen molar-refractivity contribution in [1.29, 1.82) is 0 Å². The van der Waals surface area contributed by atoms with Gasteiger partial charge >= 0.3 is 0 Å². The first-order valence-corrected chi connectivity index (χ1v) is 8.37. The van der Waals surface area contributed by atoms with Crippen molar-refractivity contribution in [3.05, 3.63) is 60.4 Å². The van der Waals surface area contributed by atoms with Crippen molar-refractivity contribution < 1.29 is 9.47 Å². The van der Waals surface area contributed by atoms with Crippen LogP contribution < -0.4 is 20.5 Å². The highest BCUT2D eigenvalue weighted by molar-refractivity contribution is 5.74. The van der Waals surface area contributed by atoms with E-state index < -0.39 is 0 Å². The quantitative estimate of drug-likeness (QED) is 0.669. The molecule has 0 amide bonds. The molecule has 0 aliphatic rings. The normalized spacial score (nSPS) is 10.6. The molecule has 0 atom stereocenters. The van der Waals surface area contributed by atoms with Gasteiger partial charge in [-0.25, -0.2) is 4.98 Å². The van der Waals surface area contributed by atoms with Crippen molar-refractivity contribution in [2.24, 2.45) is 0 Å². The van der Waals surface area contributed by atoms with Crippen LogP contribution in [-0.4, -0.2) is 17.1 Å². The lowest BCUT2D eigenvalue weighted by Crippen LogP contribution is -2.04. The largest absolute Gasteiger partial charge is 0.495 e. The Morgan fingerprint density at radius 2 is 1.73 bits per heavy atom. The molecule has 134 valence electrons. The number of hydrogen-bond acceptors (Lipinski definition) is 6. The third kappa shape index (κ3) is 3.85. The second-order valence-corrected chi connectivity index (χ2v) is 6.09. The number of benzene rings is 2. The molecule has 2 aromatic carbocycles. The Labute approximate surface area is 153 Å². The number of methoxy groups -OCH3 is 1. The fourth-order valence-electron chi connectivity index (χ4n) is 2.47. The van der Waals surface area contributed by atoms with E-state index in [2.05, 4.69) is 29.1 Å². The van der Waals surface area contributed by atoms with E-state index in [9.17, 15) is 0 Å². The summed E-state index contributed by atoms with van der Waals surface area (Å²) in [6, 6.07) is 15.4. The third-order valence-electron chi connectivity index (χ3n) is 3.97. The Balaban J connectivity index is 1.83. The summed E-state index contributed by atoms with van der Waals surface area (Å²) in [7, 11) is 1.61. The Morgan fingerprint density at radius 1 is 1.00 bits per heavy atom. The number of nitrogens with zero attached hydrogens (tertiary/aromatic N) is 2. The number of rotatable bonds is 6. The van der Waals surface area contributed by atoms with E-state index in [0.29, 0.717) is 34.8 Å². The first kappa shape index (κ1) is 17.5. The highest BCUT2D eigenvalue weighted by Gasteiger charge is 2.12. The highest BCUT2D eigenvalue weighted by atomic mass is 16.5. The SMILES string of the molecule is COc1ccccc1Nc1ncnc(Oc2ccc(C(C)C)cc2)c1N. The molecule has 26 heavy (non-hydrogen) atoms. The van der Waals surface area contributed by atoms with E-state index in [1.54, 1.807) is 7.11 Å². The van der Waals surface area contributed by atoms with Crippen LogP contribution in [-0.2, 0) is 0 Å².